The number of rotatable bonds is 2. The van der Waals surface area contributed by atoms with Crippen LogP contribution in [0.1, 0.15) is 61.5 Å². The summed E-state index contributed by atoms with van der Waals surface area (Å²) in [6.07, 6.45) is 3.30. The van der Waals surface area contributed by atoms with Crippen molar-refractivity contribution in [2.75, 3.05) is 0 Å². The molecule has 4 unspecified atom stereocenters. The van der Waals surface area contributed by atoms with E-state index in [2.05, 4.69) is 46.8 Å². The summed E-state index contributed by atoms with van der Waals surface area (Å²) < 4.78 is 0. The number of hydrogen-bond acceptors (Lipinski definition) is 1. The molecule has 0 spiro atoms. The third kappa shape index (κ3) is 3.02. The van der Waals surface area contributed by atoms with Gasteiger partial charge in [-0.25, -0.2) is 0 Å². The first-order chi connectivity index (χ1) is 8.90. The van der Waals surface area contributed by atoms with Gasteiger partial charge in [0.25, 0.3) is 0 Å². The molecule has 0 aromatic heterocycles. The topological polar surface area (TPSA) is 20.2 Å². The molecule has 0 aliphatic heterocycles. The third-order valence-corrected chi connectivity index (χ3v) is 5.29. The van der Waals surface area contributed by atoms with E-state index in [1.807, 2.05) is 0 Å². The van der Waals surface area contributed by atoms with Gasteiger partial charge < -0.3 is 5.11 Å². The zero-order chi connectivity index (χ0) is 14.2. The van der Waals surface area contributed by atoms with Crippen LogP contribution in [0.2, 0.25) is 0 Å². The Morgan fingerprint density at radius 1 is 0.947 bits per heavy atom. The van der Waals surface area contributed by atoms with Crippen LogP contribution in [0, 0.1) is 38.5 Å². The first-order valence-electron chi connectivity index (χ1n) is 7.66. The van der Waals surface area contributed by atoms with Gasteiger partial charge in [-0.15, -0.1) is 0 Å². The summed E-state index contributed by atoms with van der Waals surface area (Å²) in [6, 6.07) is 4.40. The Balaban J connectivity index is 2.20. The monoisotopic (exact) mass is 260 g/mol. The number of aliphatic hydroxyl groups excluding tert-OH is 1. The predicted molar refractivity (Wildman–Crippen MR) is 81.3 cm³/mol. The highest BCUT2D eigenvalue weighted by molar-refractivity contribution is 5.37. The molecular weight excluding hydrogens is 232 g/mol. The average Bonchev–Trinajstić information content (AvgIpc) is 2.36. The average molecular weight is 260 g/mol. The van der Waals surface area contributed by atoms with Crippen LogP contribution in [-0.2, 0) is 0 Å². The lowest BCUT2D eigenvalue weighted by Gasteiger charge is -2.35. The molecule has 1 nitrogen and oxygen atoms in total. The Morgan fingerprint density at radius 3 is 2.21 bits per heavy atom. The Hall–Kier alpha value is -0.820. The molecule has 1 fully saturated rings. The van der Waals surface area contributed by atoms with Crippen LogP contribution in [-0.4, -0.2) is 5.11 Å². The first-order valence-corrected chi connectivity index (χ1v) is 7.66. The van der Waals surface area contributed by atoms with Gasteiger partial charge in [-0.2, -0.15) is 0 Å². The summed E-state index contributed by atoms with van der Waals surface area (Å²) in [4.78, 5) is 0. The van der Waals surface area contributed by atoms with Crippen molar-refractivity contribution in [2.24, 2.45) is 17.8 Å². The molecule has 1 saturated carbocycles. The van der Waals surface area contributed by atoms with Crippen molar-refractivity contribution >= 4 is 0 Å². The van der Waals surface area contributed by atoms with E-state index in [1.165, 1.54) is 29.5 Å². The molecule has 19 heavy (non-hydrogen) atoms. The summed E-state index contributed by atoms with van der Waals surface area (Å²) in [5.74, 6) is 1.98. The maximum Gasteiger partial charge on any atom is 0.0820 e. The predicted octanol–water partition coefficient (Wildman–Crippen LogP) is 4.72. The van der Waals surface area contributed by atoms with Crippen molar-refractivity contribution in [1.82, 2.24) is 0 Å². The van der Waals surface area contributed by atoms with E-state index in [0.717, 1.165) is 23.8 Å². The highest BCUT2D eigenvalue weighted by atomic mass is 16.3. The van der Waals surface area contributed by atoms with Crippen molar-refractivity contribution in [3.63, 3.8) is 0 Å². The van der Waals surface area contributed by atoms with E-state index in [9.17, 15) is 5.11 Å². The summed E-state index contributed by atoms with van der Waals surface area (Å²) >= 11 is 0. The fraction of sp³-hybridized carbons (Fsp3) is 0.667. The van der Waals surface area contributed by atoms with Gasteiger partial charge >= 0.3 is 0 Å². The minimum atomic E-state index is -0.283. The summed E-state index contributed by atoms with van der Waals surface area (Å²) in [7, 11) is 0. The smallest absolute Gasteiger partial charge is 0.0820 e. The molecule has 1 aromatic rings. The van der Waals surface area contributed by atoms with E-state index in [0.29, 0.717) is 5.92 Å². The van der Waals surface area contributed by atoms with Crippen LogP contribution < -0.4 is 0 Å². The zero-order valence-corrected chi connectivity index (χ0v) is 13.0. The highest BCUT2D eigenvalue weighted by Crippen LogP contribution is 2.40. The number of aryl methyl sites for hydroxylation is 3. The molecule has 0 saturated heterocycles. The number of benzene rings is 1. The van der Waals surface area contributed by atoms with Gasteiger partial charge in [0.2, 0.25) is 0 Å². The fourth-order valence-electron chi connectivity index (χ4n) is 3.43. The summed E-state index contributed by atoms with van der Waals surface area (Å²) in [5.41, 5.74) is 4.99. The molecular formula is C18H28O. The lowest BCUT2D eigenvalue weighted by Crippen LogP contribution is -2.25. The number of aliphatic hydroxyl groups is 1. The molecule has 1 aliphatic carbocycles. The first kappa shape index (κ1) is 14.6. The van der Waals surface area contributed by atoms with Crippen molar-refractivity contribution < 1.29 is 5.11 Å². The molecule has 0 bridgehead atoms. The van der Waals surface area contributed by atoms with Crippen LogP contribution >= 0.6 is 0 Å². The second-order valence-corrected chi connectivity index (χ2v) is 6.77. The van der Waals surface area contributed by atoms with Crippen LogP contribution in [0.4, 0.5) is 0 Å². The highest BCUT2D eigenvalue weighted by Gasteiger charge is 2.30. The zero-order valence-electron chi connectivity index (χ0n) is 13.0. The van der Waals surface area contributed by atoms with Crippen molar-refractivity contribution in [3.8, 4) is 0 Å². The SMILES string of the molecule is Cc1cc(C)c(C(O)C2CCC(C)C(C)C2)cc1C. The molecule has 1 N–H and O–H groups in total. The van der Waals surface area contributed by atoms with Gasteiger partial charge in [0.15, 0.2) is 0 Å². The van der Waals surface area contributed by atoms with Gasteiger partial charge in [-0.1, -0.05) is 32.4 Å². The number of hydrogen-bond donors (Lipinski definition) is 1. The van der Waals surface area contributed by atoms with Gasteiger partial charge in [0.1, 0.15) is 0 Å². The van der Waals surface area contributed by atoms with E-state index in [1.54, 1.807) is 0 Å². The van der Waals surface area contributed by atoms with Crippen molar-refractivity contribution in [1.29, 1.82) is 0 Å². The Morgan fingerprint density at radius 2 is 1.58 bits per heavy atom. The van der Waals surface area contributed by atoms with Gasteiger partial charge in [0.05, 0.1) is 6.10 Å². The molecule has 1 aliphatic rings. The minimum Gasteiger partial charge on any atom is -0.388 e. The molecule has 1 heteroatoms. The molecule has 106 valence electrons. The molecule has 4 atom stereocenters. The normalized spacial score (nSPS) is 29.3. The van der Waals surface area contributed by atoms with E-state index in [-0.39, 0.29) is 6.10 Å². The maximum atomic E-state index is 10.7. The van der Waals surface area contributed by atoms with Crippen molar-refractivity contribution in [3.05, 3.63) is 34.4 Å². The fourth-order valence-corrected chi connectivity index (χ4v) is 3.43. The Kier molecular flexibility index (Phi) is 4.35. The third-order valence-electron chi connectivity index (χ3n) is 5.29. The maximum absolute atomic E-state index is 10.7. The van der Waals surface area contributed by atoms with E-state index >= 15 is 0 Å². The quantitative estimate of drug-likeness (QED) is 0.816. The van der Waals surface area contributed by atoms with E-state index in [4.69, 9.17) is 0 Å². The lowest BCUT2D eigenvalue weighted by atomic mass is 9.72. The standard InChI is InChI=1S/C18H28O/c1-11-6-7-16(9-13(11)3)18(19)17-10-14(4)12(2)8-15(17)5/h8,10-11,13,16,18-19H,6-7,9H2,1-5H3. The Labute approximate surface area is 118 Å². The van der Waals surface area contributed by atoms with Crippen LogP contribution in [0.15, 0.2) is 12.1 Å². The van der Waals surface area contributed by atoms with Gasteiger partial charge in [0, 0.05) is 0 Å². The molecule has 0 amide bonds. The van der Waals surface area contributed by atoms with Gasteiger partial charge in [-0.3, -0.25) is 0 Å². The van der Waals surface area contributed by atoms with Crippen LogP contribution in [0.5, 0.6) is 0 Å². The second-order valence-electron chi connectivity index (χ2n) is 6.77. The molecule has 0 radical (unpaired) electrons. The summed E-state index contributed by atoms with van der Waals surface area (Å²) in [6.45, 7) is 11.1. The minimum absolute atomic E-state index is 0.283. The molecule has 1 aromatic carbocycles. The van der Waals surface area contributed by atoms with Gasteiger partial charge in [-0.05, 0) is 73.6 Å². The Bertz CT molecular complexity index is 449. The van der Waals surface area contributed by atoms with E-state index < -0.39 is 0 Å². The van der Waals surface area contributed by atoms with Crippen LogP contribution in [0.25, 0.3) is 0 Å². The molecule has 0 heterocycles. The largest absolute Gasteiger partial charge is 0.388 e. The van der Waals surface area contributed by atoms with Crippen LogP contribution in [0.3, 0.4) is 0 Å². The lowest BCUT2D eigenvalue weighted by molar-refractivity contribution is 0.0556. The molecule has 2 rings (SSSR count). The summed E-state index contributed by atoms with van der Waals surface area (Å²) in [5, 5.41) is 10.7. The van der Waals surface area contributed by atoms with Crippen molar-refractivity contribution in [2.45, 2.75) is 60.0 Å². The second kappa shape index (κ2) is 5.66.